The molecule has 2 rings (SSSR count). The summed E-state index contributed by atoms with van der Waals surface area (Å²) in [6, 6.07) is 2.20. The molecule has 0 aliphatic heterocycles. The Morgan fingerprint density at radius 2 is 2.05 bits per heavy atom. The van der Waals surface area contributed by atoms with Crippen molar-refractivity contribution < 1.29 is 23.4 Å². The Bertz CT molecular complexity index is 587. The lowest BCUT2D eigenvalue weighted by molar-refractivity contribution is 0.0526. The molecule has 0 spiro atoms. The Balaban J connectivity index is 0.000000861. The lowest BCUT2D eigenvalue weighted by Gasteiger charge is -2.00. The van der Waals surface area contributed by atoms with E-state index < -0.39 is 17.5 Å². The molecule has 1 aromatic heterocycles. The number of fused-ring (bicyclic) bond motifs is 1. The van der Waals surface area contributed by atoms with Gasteiger partial charge in [0.1, 0.15) is 16.9 Å². The van der Waals surface area contributed by atoms with Crippen LogP contribution in [0.5, 0.6) is 5.75 Å². The molecule has 0 bridgehead atoms. The van der Waals surface area contributed by atoms with Crippen LogP contribution in [0, 0.1) is 12.7 Å². The van der Waals surface area contributed by atoms with Crippen molar-refractivity contribution in [3.8, 4) is 5.75 Å². The highest BCUT2D eigenvalue weighted by atomic mass is 19.1. The minimum atomic E-state index is -0.790. The zero-order valence-electron chi connectivity index (χ0n) is 11.4. The standard InChI is InChI=1S/C12H11FO4.C2H6/c1-3-16-12(15)11-6(2)17-10-5-8(13)9(14)4-7(10)11;1-2/h4-5,14H,3H2,1-2H3;1-2H3. The summed E-state index contributed by atoms with van der Waals surface area (Å²) in [7, 11) is 0. The molecule has 0 unspecified atom stereocenters. The number of aromatic hydroxyl groups is 1. The highest BCUT2D eigenvalue weighted by molar-refractivity contribution is 6.04. The number of hydrogen-bond acceptors (Lipinski definition) is 4. The van der Waals surface area contributed by atoms with Gasteiger partial charge in [-0.25, -0.2) is 9.18 Å². The Morgan fingerprint density at radius 3 is 2.63 bits per heavy atom. The number of phenolic OH excluding ortho intramolecular Hbond substituents is 1. The molecule has 1 N–H and O–H groups in total. The van der Waals surface area contributed by atoms with E-state index in [1.54, 1.807) is 13.8 Å². The molecule has 4 nitrogen and oxygen atoms in total. The Morgan fingerprint density at radius 1 is 1.42 bits per heavy atom. The summed E-state index contributed by atoms with van der Waals surface area (Å²) in [6.07, 6.45) is 0. The second-order valence-electron chi connectivity index (χ2n) is 3.55. The van der Waals surface area contributed by atoms with E-state index >= 15 is 0 Å². The number of benzene rings is 1. The van der Waals surface area contributed by atoms with Gasteiger partial charge in [0, 0.05) is 11.5 Å². The van der Waals surface area contributed by atoms with E-state index in [0.29, 0.717) is 11.1 Å². The van der Waals surface area contributed by atoms with Gasteiger partial charge < -0.3 is 14.3 Å². The number of carbonyl (C=O) groups excluding carboxylic acids is 1. The molecule has 5 heteroatoms. The maximum Gasteiger partial charge on any atom is 0.342 e. The molecule has 0 radical (unpaired) electrons. The third kappa shape index (κ3) is 2.86. The van der Waals surface area contributed by atoms with Crippen molar-refractivity contribution in [2.24, 2.45) is 0 Å². The summed E-state index contributed by atoms with van der Waals surface area (Å²) in [4.78, 5) is 11.7. The number of aryl methyl sites for hydroxylation is 1. The fourth-order valence-electron chi connectivity index (χ4n) is 1.69. The third-order valence-corrected chi connectivity index (χ3v) is 2.41. The van der Waals surface area contributed by atoms with Gasteiger partial charge in [-0.05, 0) is 19.9 Å². The third-order valence-electron chi connectivity index (χ3n) is 2.41. The molecular formula is C14H17FO4. The van der Waals surface area contributed by atoms with Crippen molar-refractivity contribution in [1.29, 1.82) is 0 Å². The predicted octanol–water partition coefficient (Wildman–Crippen LogP) is 3.79. The summed E-state index contributed by atoms with van der Waals surface area (Å²) < 4.78 is 23.2. The summed E-state index contributed by atoms with van der Waals surface area (Å²) in [6.45, 7) is 7.51. The fraction of sp³-hybridized carbons (Fsp3) is 0.357. The molecular weight excluding hydrogens is 251 g/mol. The lowest BCUT2D eigenvalue weighted by Crippen LogP contribution is -2.05. The minimum Gasteiger partial charge on any atom is -0.505 e. The van der Waals surface area contributed by atoms with Gasteiger partial charge in [0.15, 0.2) is 11.6 Å². The van der Waals surface area contributed by atoms with Crippen molar-refractivity contribution in [2.45, 2.75) is 27.7 Å². The second-order valence-corrected chi connectivity index (χ2v) is 3.55. The van der Waals surface area contributed by atoms with Crippen LogP contribution in [-0.4, -0.2) is 17.7 Å². The molecule has 1 heterocycles. The van der Waals surface area contributed by atoms with E-state index in [4.69, 9.17) is 9.15 Å². The SMILES string of the molecule is CC.CCOC(=O)c1c(C)oc2cc(F)c(O)cc12. The zero-order chi connectivity index (χ0) is 14.6. The van der Waals surface area contributed by atoms with Crippen LogP contribution in [0.4, 0.5) is 4.39 Å². The fourth-order valence-corrected chi connectivity index (χ4v) is 1.69. The predicted molar refractivity (Wildman–Crippen MR) is 69.9 cm³/mol. The summed E-state index contributed by atoms with van der Waals surface area (Å²) in [5.41, 5.74) is 0.429. The zero-order valence-corrected chi connectivity index (χ0v) is 11.4. The first-order valence-corrected chi connectivity index (χ1v) is 6.13. The van der Waals surface area contributed by atoms with E-state index in [9.17, 15) is 14.3 Å². The van der Waals surface area contributed by atoms with E-state index in [-0.39, 0.29) is 17.8 Å². The number of furan rings is 1. The van der Waals surface area contributed by atoms with E-state index in [1.807, 2.05) is 13.8 Å². The molecule has 0 aliphatic carbocycles. The van der Waals surface area contributed by atoms with Crippen LogP contribution in [0.1, 0.15) is 36.9 Å². The van der Waals surface area contributed by atoms with Crippen molar-refractivity contribution in [3.63, 3.8) is 0 Å². The van der Waals surface area contributed by atoms with Gasteiger partial charge in [-0.3, -0.25) is 0 Å². The van der Waals surface area contributed by atoms with Crippen molar-refractivity contribution in [1.82, 2.24) is 0 Å². The number of esters is 1. The van der Waals surface area contributed by atoms with Gasteiger partial charge in [0.05, 0.1) is 6.61 Å². The maximum absolute atomic E-state index is 13.1. The smallest absolute Gasteiger partial charge is 0.342 e. The van der Waals surface area contributed by atoms with Crippen LogP contribution in [0.15, 0.2) is 16.5 Å². The number of halogens is 1. The summed E-state index contributed by atoms with van der Waals surface area (Å²) >= 11 is 0. The number of rotatable bonds is 2. The summed E-state index contributed by atoms with van der Waals surface area (Å²) in [5.74, 6) is -1.52. The number of hydrogen-bond donors (Lipinski definition) is 1. The molecule has 0 saturated carbocycles. The second kappa shape index (κ2) is 6.22. The topological polar surface area (TPSA) is 59.7 Å². The molecule has 2 aromatic rings. The van der Waals surface area contributed by atoms with Crippen LogP contribution >= 0.6 is 0 Å². The van der Waals surface area contributed by atoms with Crippen molar-refractivity contribution in [2.75, 3.05) is 6.61 Å². The van der Waals surface area contributed by atoms with Crippen LogP contribution in [0.3, 0.4) is 0 Å². The van der Waals surface area contributed by atoms with Gasteiger partial charge >= 0.3 is 5.97 Å². The van der Waals surface area contributed by atoms with Crippen molar-refractivity contribution in [3.05, 3.63) is 29.3 Å². The number of carbonyl (C=O) groups is 1. The van der Waals surface area contributed by atoms with Gasteiger partial charge in [-0.15, -0.1) is 0 Å². The highest BCUT2D eigenvalue weighted by Gasteiger charge is 2.20. The first-order chi connectivity index (χ1) is 9.04. The monoisotopic (exact) mass is 268 g/mol. The van der Waals surface area contributed by atoms with E-state index in [1.165, 1.54) is 0 Å². The van der Waals surface area contributed by atoms with Crippen molar-refractivity contribution >= 4 is 16.9 Å². The van der Waals surface area contributed by atoms with Crippen LogP contribution in [-0.2, 0) is 4.74 Å². The van der Waals surface area contributed by atoms with E-state index in [2.05, 4.69) is 0 Å². The van der Waals surface area contributed by atoms with Crippen LogP contribution in [0.2, 0.25) is 0 Å². The molecule has 104 valence electrons. The van der Waals surface area contributed by atoms with Crippen LogP contribution < -0.4 is 0 Å². The van der Waals surface area contributed by atoms with Gasteiger partial charge in [-0.1, -0.05) is 13.8 Å². The Labute approximate surface area is 110 Å². The highest BCUT2D eigenvalue weighted by Crippen LogP contribution is 2.31. The molecule has 0 aliphatic rings. The van der Waals surface area contributed by atoms with Gasteiger partial charge in [-0.2, -0.15) is 0 Å². The number of ether oxygens (including phenoxy) is 1. The van der Waals surface area contributed by atoms with E-state index in [0.717, 1.165) is 12.1 Å². The molecule has 0 amide bonds. The largest absolute Gasteiger partial charge is 0.505 e. The van der Waals surface area contributed by atoms with Gasteiger partial charge in [0.2, 0.25) is 0 Å². The first-order valence-electron chi connectivity index (χ1n) is 6.13. The molecule has 0 saturated heterocycles. The Kier molecular flexibility index (Phi) is 4.92. The van der Waals surface area contributed by atoms with Gasteiger partial charge in [0.25, 0.3) is 0 Å². The molecule has 0 atom stereocenters. The first kappa shape index (κ1) is 15.0. The number of phenols is 1. The quantitative estimate of drug-likeness (QED) is 0.842. The molecule has 1 aromatic carbocycles. The van der Waals surface area contributed by atoms with Crippen LogP contribution in [0.25, 0.3) is 11.0 Å². The average Bonchev–Trinajstić information content (AvgIpc) is 2.68. The average molecular weight is 268 g/mol. The maximum atomic E-state index is 13.1. The minimum absolute atomic E-state index is 0.209. The Hall–Kier alpha value is -2.04. The molecule has 19 heavy (non-hydrogen) atoms. The molecule has 0 fully saturated rings. The lowest BCUT2D eigenvalue weighted by atomic mass is 10.1. The summed E-state index contributed by atoms with van der Waals surface area (Å²) in [5, 5.41) is 9.64. The normalized spacial score (nSPS) is 9.95.